The van der Waals surface area contributed by atoms with Gasteiger partial charge in [0.25, 0.3) is 0 Å². The Balaban J connectivity index is 2.30. The van der Waals surface area contributed by atoms with E-state index in [1.54, 1.807) is 4.90 Å². The van der Waals surface area contributed by atoms with Crippen molar-refractivity contribution in [1.82, 2.24) is 10.2 Å². The van der Waals surface area contributed by atoms with Crippen molar-refractivity contribution in [3.8, 4) is 0 Å². The molecule has 2 atom stereocenters. The molecule has 1 rings (SSSR count). The van der Waals surface area contributed by atoms with Crippen LogP contribution in [0.3, 0.4) is 0 Å². The van der Waals surface area contributed by atoms with Crippen LogP contribution in [0.1, 0.15) is 51.4 Å². The lowest BCUT2D eigenvalue weighted by Gasteiger charge is -2.21. The van der Waals surface area contributed by atoms with Crippen LogP contribution in [0.4, 0.5) is 4.79 Å². The van der Waals surface area contributed by atoms with Crippen LogP contribution < -0.4 is 5.32 Å². The number of carbonyl (C=O) groups excluding carboxylic acids is 1. The number of unbranched alkanes of at least 4 members (excludes halogenated alkanes) is 4. The molecule has 0 aromatic heterocycles. The molecule has 25 heavy (non-hydrogen) atoms. The van der Waals surface area contributed by atoms with E-state index in [1.165, 1.54) is 0 Å². The first-order valence-electron chi connectivity index (χ1n) is 9.20. The van der Waals surface area contributed by atoms with Crippen molar-refractivity contribution in [2.24, 2.45) is 0 Å². The molecule has 0 aliphatic carbocycles. The normalized spacial score (nSPS) is 17.9. The fourth-order valence-electron chi connectivity index (χ4n) is 2.84. The van der Waals surface area contributed by atoms with E-state index in [9.17, 15) is 14.7 Å². The van der Waals surface area contributed by atoms with E-state index in [1.807, 2.05) is 12.2 Å². The maximum absolute atomic E-state index is 12.3. The van der Waals surface area contributed by atoms with Crippen molar-refractivity contribution >= 4 is 12.0 Å². The number of nitrogens with one attached hydrogen (secondary N) is 1. The molecule has 0 saturated carbocycles. The second-order valence-corrected chi connectivity index (χ2v) is 6.43. The maximum atomic E-state index is 12.3. The van der Waals surface area contributed by atoms with Crippen molar-refractivity contribution in [2.45, 2.75) is 63.5 Å². The summed E-state index contributed by atoms with van der Waals surface area (Å²) in [5.41, 5.74) is 0. The van der Waals surface area contributed by atoms with Crippen molar-refractivity contribution in [1.29, 1.82) is 0 Å². The molecule has 0 aromatic carbocycles. The maximum Gasteiger partial charge on any atom is 0.326 e. The van der Waals surface area contributed by atoms with Gasteiger partial charge in [0.1, 0.15) is 6.04 Å². The number of hydrogen-bond acceptors (Lipinski definition) is 3. The molecule has 6 nitrogen and oxygen atoms in total. The summed E-state index contributed by atoms with van der Waals surface area (Å²) in [6.45, 7) is 9.12. The van der Waals surface area contributed by atoms with Gasteiger partial charge in [-0.15, -0.1) is 13.2 Å². The Labute approximate surface area is 150 Å². The van der Waals surface area contributed by atoms with Gasteiger partial charge in [-0.1, -0.05) is 25.0 Å². The van der Waals surface area contributed by atoms with Gasteiger partial charge >= 0.3 is 12.0 Å². The fraction of sp³-hybridized carbons (Fsp3) is 0.684. The molecular weight excluding hydrogens is 320 g/mol. The van der Waals surface area contributed by atoms with Gasteiger partial charge in [-0.2, -0.15) is 0 Å². The third kappa shape index (κ3) is 8.72. The van der Waals surface area contributed by atoms with E-state index in [4.69, 9.17) is 4.74 Å². The minimum absolute atomic E-state index is 0.0396. The summed E-state index contributed by atoms with van der Waals surface area (Å²) in [6, 6.07) is -1.14. The molecule has 0 aromatic rings. The largest absolute Gasteiger partial charge is 0.480 e. The number of aliphatic carboxylic acids is 1. The van der Waals surface area contributed by atoms with Crippen molar-refractivity contribution in [3.63, 3.8) is 0 Å². The zero-order chi connectivity index (χ0) is 18.5. The van der Waals surface area contributed by atoms with Crippen molar-refractivity contribution < 1.29 is 19.4 Å². The number of amides is 2. The molecule has 1 aliphatic heterocycles. The van der Waals surface area contributed by atoms with E-state index in [0.717, 1.165) is 44.9 Å². The molecule has 1 aliphatic rings. The Morgan fingerprint density at radius 2 is 1.92 bits per heavy atom. The highest BCUT2D eigenvalue weighted by molar-refractivity contribution is 5.82. The molecule has 142 valence electrons. The number of carboxylic acid groups (broad SMARTS) is 1. The van der Waals surface area contributed by atoms with E-state index in [2.05, 4.69) is 18.5 Å². The van der Waals surface area contributed by atoms with Gasteiger partial charge in [0.15, 0.2) is 0 Å². The second-order valence-electron chi connectivity index (χ2n) is 6.43. The molecule has 1 saturated heterocycles. The lowest BCUT2D eigenvalue weighted by Crippen LogP contribution is -2.47. The molecule has 6 heteroatoms. The first-order chi connectivity index (χ1) is 12.1. The van der Waals surface area contributed by atoms with Gasteiger partial charge in [-0.05, 0) is 38.5 Å². The van der Waals surface area contributed by atoms with Crippen molar-refractivity contribution in [2.75, 3.05) is 19.7 Å². The van der Waals surface area contributed by atoms with Crippen LogP contribution in [0.5, 0.6) is 0 Å². The number of likely N-dealkylation sites (tertiary alicyclic amines) is 1. The van der Waals surface area contributed by atoms with E-state index < -0.39 is 12.0 Å². The van der Waals surface area contributed by atoms with Crippen LogP contribution in [-0.2, 0) is 9.53 Å². The quantitative estimate of drug-likeness (QED) is 0.394. The lowest BCUT2D eigenvalue weighted by atomic mass is 10.1. The van der Waals surface area contributed by atoms with E-state index >= 15 is 0 Å². The number of ether oxygens (including phenoxy) is 1. The van der Waals surface area contributed by atoms with Crippen LogP contribution in [-0.4, -0.2) is 53.8 Å². The predicted molar refractivity (Wildman–Crippen MR) is 98.6 cm³/mol. The van der Waals surface area contributed by atoms with E-state index in [0.29, 0.717) is 26.1 Å². The topological polar surface area (TPSA) is 78.9 Å². The van der Waals surface area contributed by atoms with Crippen molar-refractivity contribution in [3.05, 3.63) is 25.3 Å². The third-order valence-corrected chi connectivity index (χ3v) is 4.34. The number of hydrogen-bond donors (Lipinski definition) is 2. The number of nitrogens with zero attached hydrogens (tertiary/aromatic N) is 1. The third-order valence-electron chi connectivity index (χ3n) is 4.34. The summed E-state index contributed by atoms with van der Waals surface area (Å²) >= 11 is 0. The molecule has 2 N–H and O–H groups in total. The van der Waals surface area contributed by atoms with Gasteiger partial charge in [0.05, 0.1) is 6.10 Å². The Morgan fingerprint density at radius 3 is 2.60 bits per heavy atom. The van der Waals surface area contributed by atoms with Crippen LogP contribution in [0, 0.1) is 0 Å². The first-order valence-corrected chi connectivity index (χ1v) is 9.20. The number of urea groups is 1. The molecule has 2 amide bonds. The number of carbonyl (C=O) groups is 2. The minimum Gasteiger partial charge on any atom is -0.480 e. The number of carboxylic acids is 1. The summed E-state index contributed by atoms with van der Waals surface area (Å²) in [5, 5.41) is 11.9. The molecule has 0 bridgehead atoms. The molecule has 0 radical (unpaired) electrons. The van der Waals surface area contributed by atoms with Crippen LogP contribution in [0.25, 0.3) is 0 Å². The molecular formula is C19H32N2O4. The minimum atomic E-state index is -0.978. The molecule has 0 unspecified atom stereocenters. The lowest BCUT2D eigenvalue weighted by molar-refractivity contribution is -0.139. The highest BCUT2D eigenvalue weighted by atomic mass is 16.5. The Morgan fingerprint density at radius 1 is 1.20 bits per heavy atom. The van der Waals surface area contributed by atoms with Gasteiger partial charge in [0.2, 0.25) is 0 Å². The SMILES string of the molecule is C=CCCCCC[C@H](NC(=O)N1CC[C@H](OCCCC=C)C1)C(=O)O. The molecule has 0 spiro atoms. The van der Waals surface area contributed by atoms with Gasteiger partial charge in [-0.3, -0.25) is 0 Å². The first kappa shape index (κ1) is 21.2. The average molecular weight is 352 g/mol. The summed E-state index contributed by atoms with van der Waals surface area (Å²) in [6.07, 6.45) is 10.5. The molecule has 1 fully saturated rings. The van der Waals surface area contributed by atoms with Gasteiger partial charge in [0, 0.05) is 19.7 Å². The Bertz CT molecular complexity index is 439. The molecule has 1 heterocycles. The zero-order valence-electron chi connectivity index (χ0n) is 15.1. The smallest absolute Gasteiger partial charge is 0.326 e. The van der Waals surface area contributed by atoms with Crippen LogP contribution in [0.15, 0.2) is 25.3 Å². The summed E-state index contributed by atoms with van der Waals surface area (Å²) < 4.78 is 5.75. The van der Waals surface area contributed by atoms with Crippen LogP contribution >= 0.6 is 0 Å². The van der Waals surface area contributed by atoms with Gasteiger partial charge < -0.3 is 20.1 Å². The predicted octanol–water partition coefficient (Wildman–Crippen LogP) is 3.34. The summed E-state index contributed by atoms with van der Waals surface area (Å²) in [7, 11) is 0. The average Bonchev–Trinajstić information content (AvgIpc) is 3.06. The fourth-order valence-corrected chi connectivity index (χ4v) is 2.84. The van der Waals surface area contributed by atoms with Gasteiger partial charge in [-0.25, -0.2) is 9.59 Å². The number of rotatable bonds is 13. The summed E-state index contributed by atoms with van der Waals surface area (Å²) in [5.74, 6) is -0.978. The van der Waals surface area contributed by atoms with E-state index in [-0.39, 0.29) is 12.1 Å². The standard InChI is InChI=1S/C19H32N2O4/c1-3-5-7-8-9-11-17(18(22)23)20-19(24)21-13-12-16(15-21)25-14-10-6-4-2/h3-4,16-17H,1-2,5-15H2,(H,20,24)(H,22,23)/t16-,17-/m0/s1. The highest BCUT2D eigenvalue weighted by Crippen LogP contribution is 2.14. The Hall–Kier alpha value is -1.82. The summed E-state index contributed by atoms with van der Waals surface area (Å²) in [4.78, 5) is 25.3. The monoisotopic (exact) mass is 352 g/mol. The van der Waals surface area contributed by atoms with Crippen LogP contribution in [0.2, 0.25) is 0 Å². The Kier molecular flexibility index (Phi) is 10.6. The number of allylic oxidation sites excluding steroid dienone is 2. The zero-order valence-corrected chi connectivity index (χ0v) is 15.1. The highest BCUT2D eigenvalue weighted by Gasteiger charge is 2.29. The second kappa shape index (κ2) is 12.5.